The van der Waals surface area contributed by atoms with Crippen molar-refractivity contribution in [3.8, 4) is 0 Å². The van der Waals surface area contributed by atoms with Crippen LogP contribution in [0.25, 0.3) is 0 Å². The molecule has 0 bridgehead atoms. The van der Waals surface area contributed by atoms with E-state index in [4.69, 9.17) is 9.47 Å². The first-order valence-electron chi connectivity index (χ1n) is 15.1. The molecule has 11 nitrogen and oxygen atoms in total. The van der Waals surface area contributed by atoms with E-state index >= 15 is 0 Å². The minimum Gasteiger partial charge on any atom is -0.467 e. The molecule has 3 saturated carbocycles. The van der Waals surface area contributed by atoms with Crippen LogP contribution in [0.15, 0.2) is 11.6 Å². The smallest absolute Gasteiger partial charge is 0.328 e. The molecule has 0 radical (unpaired) electrons. The number of likely N-dealkylation sites (tertiary alicyclic amines) is 1. The summed E-state index contributed by atoms with van der Waals surface area (Å²) in [6.07, 6.45) is 3.39. The number of ether oxygens (including phenoxy) is 2. The van der Waals surface area contributed by atoms with Gasteiger partial charge in [0.1, 0.15) is 11.6 Å². The number of aliphatic hydroxyl groups excluding tert-OH is 2. The second-order valence-corrected chi connectivity index (χ2v) is 13.5. The second kappa shape index (κ2) is 11.1. The minimum absolute atomic E-state index is 0.00254. The molecule has 0 aromatic rings. The quantitative estimate of drug-likeness (QED) is 0.368. The highest BCUT2D eigenvalue weighted by atomic mass is 16.5. The third-order valence-corrected chi connectivity index (χ3v) is 11.5. The summed E-state index contributed by atoms with van der Waals surface area (Å²) in [4.78, 5) is 63.8. The lowest BCUT2D eigenvalue weighted by Crippen LogP contribution is -2.62. The Kier molecular flexibility index (Phi) is 8.17. The Hall–Kier alpha value is -2.63. The number of hydrogen-bond donors (Lipinski definition) is 3. The maximum atomic E-state index is 13.5. The number of rotatable bonds is 7. The van der Waals surface area contributed by atoms with Crippen LogP contribution in [0.2, 0.25) is 0 Å². The molecule has 3 N–H and O–H groups in total. The van der Waals surface area contributed by atoms with Gasteiger partial charge in [0.25, 0.3) is 0 Å². The summed E-state index contributed by atoms with van der Waals surface area (Å²) in [5.74, 6) is -2.37. The number of fused-ring (bicyclic) bond motifs is 5. The van der Waals surface area contributed by atoms with Crippen LogP contribution in [-0.4, -0.2) is 93.7 Å². The Morgan fingerprint density at radius 3 is 2.52 bits per heavy atom. The first kappa shape index (κ1) is 30.8. The molecule has 1 amide bonds. The van der Waals surface area contributed by atoms with Crippen molar-refractivity contribution >= 4 is 29.4 Å². The Morgan fingerprint density at radius 2 is 1.81 bits per heavy atom. The van der Waals surface area contributed by atoms with Crippen LogP contribution in [0.5, 0.6) is 0 Å². The van der Waals surface area contributed by atoms with Crippen molar-refractivity contribution < 1.29 is 48.8 Å². The maximum absolute atomic E-state index is 13.5. The van der Waals surface area contributed by atoms with Crippen molar-refractivity contribution in [3.63, 3.8) is 0 Å². The normalized spacial score (nSPS) is 40.9. The lowest BCUT2D eigenvalue weighted by molar-refractivity contribution is -0.184. The number of aliphatic hydroxyl groups is 3. The molecular formula is C31H43NO10. The average molecular weight is 590 g/mol. The fourth-order valence-corrected chi connectivity index (χ4v) is 9.29. The van der Waals surface area contributed by atoms with Crippen LogP contribution >= 0.6 is 0 Å². The number of ketones is 2. The van der Waals surface area contributed by atoms with Gasteiger partial charge in [-0.25, -0.2) is 4.79 Å². The zero-order valence-corrected chi connectivity index (χ0v) is 24.7. The van der Waals surface area contributed by atoms with Crippen molar-refractivity contribution in [2.75, 3.05) is 20.3 Å². The number of hydrogen-bond acceptors (Lipinski definition) is 10. The Labute approximate surface area is 245 Å². The van der Waals surface area contributed by atoms with Gasteiger partial charge in [-0.15, -0.1) is 0 Å². The van der Waals surface area contributed by atoms with Gasteiger partial charge in [0.2, 0.25) is 11.7 Å². The Balaban J connectivity index is 1.20. The maximum Gasteiger partial charge on any atom is 0.328 e. The van der Waals surface area contributed by atoms with Crippen molar-refractivity contribution in [2.45, 2.75) is 102 Å². The molecule has 4 aliphatic carbocycles. The van der Waals surface area contributed by atoms with Crippen molar-refractivity contribution in [1.29, 1.82) is 0 Å². The molecule has 9 atom stereocenters. The number of carbonyl (C=O) groups is 5. The second-order valence-electron chi connectivity index (χ2n) is 13.5. The molecule has 0 aromatic heterocycles. The van der Waals surface area contributed by atoms with Crippen LogP contribution < -0.4 is 0 Å². The predicted octanol–water partition coefficient (Wildman–Crippen LogP) is 1.25. The molecule has 4 fully saturated rings. The zero-order chi connectivity index (χ0) is 30.6. The molecule has 1 saturated heterocycles. The molecule has 5 rings (SSSR count). The molecule has 0 spiro atoms. The molecule has 1 aliphatic heterocycles. The summed E-state index contributed by atoms with van der Waals surface area (Å²) in [7, 11) is 1.19. The number of β-amino-alcohol motifs (C(OH)–C–C–N with tert-alkyl or cyclic N) is 1. The molecule has 0 aromatic carbocycles. The van der Waals surface area contributed by atoms with Gasteiger partial charge in [0.05, 0.1) is 25.7 Å². The van der Waals surface area contributed by atoms with Gasteiger partial charge in [-0.05, 0) is 67.8 Å². The van der Waals surface area contributed by atoms with Crippen molar-refractivity contribution in [1.82, 2.24) is 4.90 Å². The molecule has 0 unspecified atom stereocenters. The van der Waals surface area contributed by atoms with Crippen molar-refractivity contribution in [2.24, 2.45) is 28.6 Å². The predicted molar refractivity (Wildman–Crippen MR) is 146 cm³/mol. The number of esters is 2. The van der Waals surface area contributed by atoms with E-state index in [1.165, 1.54) is 12.0 Å². The van der Waals surface area contributed by atoms with Crippen LogP contribution in [0.3, 0.4) is 0 Å². The van der Waals surface area contributed by atoms with Crippen LogP contribution in [0.4, 0.5) is 0 Å². The lowest BCUT2D eigenvalue weighted by atomic mass is 9.45. The summed E-state index contributed by atoms with van der Waals surface area (Å²) in [5.41, 5.74) is -1.83. The third-order valence-electron chi connectivity index (χ3n) is 11.5. The summed E-state index contributed by atoms with van der Waals surface area (Å²) >= 11 is 0. The Morgan fingerprint density at radius 1 is 1.07 bits per heavy atom. The monoisotopic (exact) mass is 589 g/mol. The van der Waals surface area contributed by atoms with E-state index in [2.05, 4.69) is 6.92 Å². The SMILES string of the molecule is COC(=O)[C@@H]1C[C@H](O)CN1C(=O)CCC(=O)OCC(=O)[C@@]1(O)CC[C@@H]2[C@@H]3CCC4=CC(=O)CC[C@]4(C)[C@H]3[C@@H](O)C[C@@]21C. The first-order valence-corrected chi connectivity index (χ1v) is 15.1. The van der Waals surface area contributed by atoms with Gasteiger partial charge in [0.15, 0.2) is 12.4 Å². The molecule has 42 heavy (non-hydrogen) atoms. The van der Waals surface area contributed by atoms with E-state index in [1.54, 1.807) is 6.08 Å². The van der Waals surface area contributed by atoms with Gasteiger partial charge >= 0.3 is 11.9 Å². The summed E-state index contributed by atoms with van der Waals surface area (Å²) < 4.78 is 9.90. The van der Waals surface area contributed by atoms with E-state index in [0.717, 1.165) is 18.4 Å². The van der Waals surface area contributed by atoms with Crippen LogP contribution in [-0.2, 0) is 33.4 Å². The summed E-state index contributed by atoms with van der Waals surface area (Å²) in [5, 5.41) is 33.2. The molecule has 11 heteroatoms. The van der Waals surface area contributed by atoms with Crippen molar-refractivity contribution in [3.05, 3.63) is 11.6 Å². The Bertz CT molecular complexity index is 1200. The standard InChI is InChI=1S/C31H43NO10/c1-29-10-8-18(33)12-17(29)4-5-20-21-9-11-31(40,30(21,2)14-23(35)27(20)29)24(36)16-42-26(38)7-6-25(37)32-15-19(34)13-22(32)28(39)41-3/h12,19-23,27,34-35,40H,4-11,13-16H2,1-3H3/t19-,20-,21+,22-,23-,27+,29-,30-,31-/m0/s1. The number of amides is 1. The largest absolute Gasteiger partial charge is 0.467 e. The van der Waals surface area contributed by atoms with Gasteiger partial charge in [-0.3, -0.25) is 19.2 Å². The zero-order valence-electron chi connectivity index (χ0n) is 24.7. The van der Waals surface area contributed by atoms with E-state index in [0.29, 0.717) is 19.3 Å². The number of allylic oxidation sites excluding steroid dienone is 1. The lowest BCUT2D eigenvalue weighted by Gasteiger charge is -2.60. The highest BCUT2D eigenvalue weighted by Crippen LogP contribution is 2.67. The van der Waals surface area contributed by atoms with Crippen LogP contribution in [0.1, 0.15) is 78.1 Å². The fraction of sp³-hybridized carbons (Fsp3) is 0.774. The minimum atomic E-state index is -1.77. The van der Waals surface area contributed by atoms with E-state index in [-0.39, 0.29) is 67.6 Å². The summed E-state index contributed by atoms with van der Waals surface area (Å²) in [6, 6.07) is -0.916. The van der Waals surface area contributed by atoms with Gasteiger partial charge in [0, 0.05) is 31.2 Å². The van der Waals surface area contributed by atoms with Gasteiger partial charge in [-0.2, -0.15) is 0 Å². The number of carbonyl (C=O) groups excluding carboxylic acids is 5. The van der Waals surface area contributed by atoms with Gasteiger partial charge in [-0.1, -0.05) is 19.4 Å². The molecule has 232 valence electrons. The fourth-order valence-electron chi connectivity index (χ4n) is 9.29. The molecule has 1 heterocycles. The highest BCUT2D eigenvalue weighted by molar-refractivity contribution is 5.92. The first-order chi connectivity index (χ1) is 19.7. The highest BCUT2D eigenvalue weighted by Gasteiger charge is 2.68. The average Bonchev–Trinajstić information content (AvgIpc) is 3.47. The number of Topliss-reactive ketones (excluding diaryl/α,β-unsaturated/α-hetero) is 1. The summed E-state index contributed by atoms with van der Waals surface area (Å²) in [6.45, 7) is 3.33. The molecular weight excluding hydrogens is 546 g/mol. The van der Waals surface area contributed by atoms with Gasteiger partial charge < -0.3 is 29.7 Å². The van der Waals surface area contributed by atoms with E-state index in [1.807, 2.05) is 6.92 Å². The topological polar surface area (TPSA) is 168 Å². The molecule has 5 aliphatic rings. The van der Waals surface area contributed by atoms with E-state index < -0.39 is 59.5 Å². The number of methoxy groups -OCH3 is 1. The number of nitrogens with zero attached hydrogens (tertiary/aromatic N) is 1. The third kappa shape index (κ3) is 4.91. The van der Waals surface area contributed by atoms with Crippen LogP contribution in [0, 0.1) is 28.6 Å². The van der Waals surface area contributed by atoms with E-state index in [9.17, 15) is 39.3 Å².